The largest absolute Gasteiger partial charge is 0.490 e. The monoisotopic (exact) mass is 487 g/mol. The Morgan fingerprint density at radius 1 is 1.00 bits per heavy atom. The molecule has 4 nitrogen and oxygen atoms in total. The summed E-state index contributed by atoms with van der Waals surface area (Å²) in [6.45, 7) is 17.7. The molecule has 0 aliphatic carbocycles. The molecule has 0 saturated heterocycles. The van der Waals surface area contributed by atoms with Crippen LogP contribution in [0, 0.1) is 37.5 Å². The van der Waals surface area contributed by atoms with Crippen molar-refractivity contribution in [2.45, 2.75) is 132 Å². The van der Waals surface area contributed by atoms with Crippen LogP contribution in [0.3, 0.4) is 0 Å². The van der Waals surface area contributed by atoms with Crippen LogP contribution >= 0.6 is 0 Å². The van der Waals surface area contributed by atoms with E-state index in [1.54, 1.807) is 6.92 Å². The van der Waals surface area contributed by atoms with Gasteiger partial charge in [-0.25, -0.2) is 0 Å². The SMILES string of the molecule is Cc1cc2c(c(C)c1OC(C)C(N)=O)CC[C@@H](CCC[C@H](C)CCC[C@@H](C)C(C)CCC(C)C)O2. The maximum atomic E-state index is 11.4. The fourth-order valence-electron chi connectivity index (χ4n) is 5.34. The summed E-state index contributed by atoms with van der Waals surface area (Å²) in [6, 6.07) is 2.07. The predicted octanol–water partition coefficient (Wildman–Crippen LogP) is 7.93. The molecule has 0 bridgehead atoms. The number of primary amides is 1. The van der Waals surface area contributed by atoms with Gasteiger partial charge in [0.2, 0.25) is 0 Å². The number of hydrogen-bond acceptors (Lipinski definition) is 3. The van der Waals surface area contributed by atoms with E-state index >= 15 is 0 Å². The van der Waals surface area contributed by atoms with Gasteiger partial charge < -0.3 is 15.2 Å². The molecule has 0 aromatic heterocycles. The number of hydrogen-bond donors (Lipinski definition) is 1. The van der Waals surface area contributed by atoms with Crippen molar-refractivity contribution in [1.82, 2.24) is 0 Å². The van der Waals surface area contributed by atoms with Crippen molar-refractivity contribution in [2.75, 3.05) is 0 Å². The number of benzene rings is 1. The van der Waals surface area contributed by atoms with Gasteiger partial charge in [0, 0.05) is 5.56 Å². The summed E-state index contributed by atoms with van der Waals surface area (Å²) in [5.41, 5.74) is 8.68. The van der Waals surface area contributed by atoms with Crippen LogP contribution in [-0.4, -0.2) is 18.1 Å². The van der Waals surface area contributed by atoms with Gasteiger partial charge in [-0.15, -0.1) is 0 Å². The number of ether oxygens (including phenoxy) is 2. The van der Waals surface area contributed by atoms with Crippen LogP contribution in [0.25, 0.3) is 0 Å². The van der Waals surface area contributed by atoms with E-state index in [2.05, 4.69) is 47.6 Å². The highest BCUT2D eigenvalue weighted by Crippen LogP contribution is 2.39. The first-order valence-electron chi connectivity index (χ1n) is 14.2. The molecule has 4 heteroatoms. The lowest BCUT2D eigenvalue weighted by molar-refractivity contribution is -0.124. The number of rotatable bonds is 15. The molecule has 2 N–H and O–H groups in total. The highest BCUT2D eigenvalue weighted by molar-refractivity contribution is 5.78. The number of fused-ring (bicyclic) bond motifs is 1. The molecule has 0 spiro atoms. The average Bonchev–Trinajstić information content (AvgIpc) is 2.79. The second kappa shape index (κ2) is 14.1. The van der Waals surface area contributed by atoms with Crippen molar-refractivity contribution < 1.29 is 14.3 Å². The number of amides is 1. The fraction of sp³-hybridized carbons (Fsp3) is 0.774. The normalized spacial score (nSPS) is 18.9. The lowest BCUT2D eigenvalue weighted by atomic mass is 9.85. The number of carbonyl (C=O) groups excluding carboxylic acids is 1. The lowest BCUT2D eigenvalue weighted by Gasteiger charge is -2.29. The second-order valence-corrected chi connectivity index (χ2v) is 12.0. The van der Waals surface area contributed by atoms with Gasteiger partial charge in [-0.05, 0) is 87.3 Å². The maximum Gasteiger partial charge on any atom is 0.258 e. The zero-order chi connectivity index (χ0) is 26.1. The highest BCUT2D eigenvalue weighted by Gasteiger charge is 2.25. The van der Waals surface area contributed by atoms with Gasteiger partial charge in [0.25, 0.3) is 5.91 Å². The molecule has 1 aromatic rings. The van der Waals surface area contributed by atoms with Crippen LogP contribution < -0.4 is 15.2 Å². The minimum absolute atomic E-state index is 0.298. The van der Waals surface area contributed by atoms with E-state index in [9.17, 15) is 4.79 Å². The molecule has 2 unspecified atom stereocenters. The number of nitrogens with two attached hydrogens (primary N) is 1. The van der Waals surface area contributed by atoms with Crippen LogP contribution in [0.15, 0.2) is 6.07 Å². The molecule has 1 aromatic carbocycles. The van der Waals surface area contributed by atoms with Crippen LogP contribution in [0.5, 0.6) is 11.5 Å². The van der Waals surface area contributed by atoms with Crippen molar-refractivity contribution in [3.63, 3.8) is 0 Å². The molecule has 5 atom stereocenters. The van der Waals surface area contributed by atoms with Crippen molar-refractivity contribution in [2.24, 2.45) is 29.4 Å². The van der Waals surface area contributed by atoms with E-state index in [4.69, 9.17) is 15.2 Å². The molecule has 1 aliphatic rings. The Bertz CT molecular complexity index is 803. The molecule has 1 aliphatic heterocycles. The van der Waals surface area contributed by atoms with Gasteiger partial charge in [-0.2, -0.15) is 0 Å². The third kappa shape index (κ3) is 9.35. The Morgan fingerprint density at radius 3 is 2.31 bits per heavy atom. The molecule has 35 heavy (non-hydrogen) atoms. The van der Waals surface area contributed by atoms with Gasteiger partial charge in [-0.3, -0.25) is 4.79 Å². The molecule has 0 saturated carbocycles. The summed E-state index contributed by atoms with van der Waals surface area (Å²) < 4.78 is 12.3. The van der Waals surface area contributed by atoms with E-state index in [0.29, 0.717) is 6.10 Å². The Labute approximate surface area is 215 Å². The zero-order valence-corrected chi connectivity index (χ0v) is 23.9. The Morgan fingerprint density at radius 2 is 1.66 bits per heavy atom. The quantitative estimate of drug-likeness (QED) is 0.273. The summed E-state index contributed by atoms with van der Waals surface area (Å²) in [6.07, 6.45) is 12.2. The van der Waals surface area contributed by atoms with Crippen molar-refractivity contribution in [3.05, 3.63) is 22.8 Å². The topological polar surface area (TPSA) is 61.5 Å². The first-order valence-corrected chi connectivity index (χ1v) is 14.2. The molecule has 1 heterocycles. The summed E-state index contributed by atoms with van der Waals surface area (Å²) in [4.78, 5) is 11.4. The minimum Gasteiger partial charge on any atom is -0.490 e. The molecule has 1 amide bonds. The minimum atomic E-state index is -0.638. The van der Waals surface area contributed by atoms with Gasteiger partial charge in [0.1, 0.15) is 11.5 Å². The molecular weight excluding hydrogens is 434 g/mol. The summed E-state index contributed by atoms with van der Waals surface area (Å²) >= 11 is 0. The van der Waals surface area contributed by atoms with Gasteiger partial charge in [-0.1, -0.05) is 73.1 Å². The number of aryl methyl sites for hydroxylation is 1. The molecule has 2 rings (SSSR count). The maximum absolute atomic E-state index is 11.4. The van der Waals surface area contributed by atoms with E-state index in [1.807, 2.05) is 6.92 Å². The molecular formula is C31H53NO3. The van der Waals surface area contributed by atoms with E-state index < -0.39 is 12.0 Å². The standard InChI is InChI=1S/C31H53NO3/c1-20(2)15-16-23(5)22(4)13-9-11-21(3)12-10-14-27-17-18-28-25(7)30(34-26(8)31(32)33)24(6)19-29(28)35-27/h19-23,26-27H,9-18H2,1-8H3,(H2,32,33)/t21-,22-,23?,26?,27-/m1/s1. The van der Waals surface area contributed by atoms with Gasteiger partial charge in [0.05, 0.1) is 6.10 Å². The predicted molar refractivity (Wildman–Crippen MR) is 147 cm³/mol. The van der Waals surface area contributed by atoms with Gasteiger partial charge in [0.15, 0.2) is 6.10 Å². The first-order chi connectivity index (χ1) is 16.5. The molecule has 0 radical (unpaired) electrons. The van der Waals surface area contributed by atoms with E-state index in [-0.39, 0.29) is 0 Å². The lowest BCUT2D eigenvalue weighted by Crippen LogP contribution is -2.31. The Balaban J connectivity index is 1.74. The Hall–Kier alpha value is -1.71. The van der Waals surface area contributed by atoms with Crippen LogP contribution in [-0.2, 0) is 11.2 Å². The van der Waals surface area contributed by atoms with Crippen molar-refractivity contribution in [3.8, 4) is 11.5 Å². The van der Waals surface area contributed by atoms with Crippen LogP contribution in [0.1, 0.15) is 116 Å². The highest BCUT2D eigenvalue weighted by atomic mass is 16.5. The van der Waals surface area contributed by atoms with Crippen LogP contribution in [0.2, 0.25) is 0 Å². The number of carbonyl (C=O) groups is 1. The fourth-order valence-corrected chi connectivity index (χ4v) is 5.34. The Kier molecular flexibility index (Phi) is 11.9. The zero-order valence-electron chi connectivity index (χ0n) is 23.9. The first kappa shape index (κ1) is 29.5. The third-order valence-corrected chi connectivity index (χ3v) is 8.25. The van der Waals surface area contributed by atoms with E-state index in [1.165, 1.54) is 50.5 Å². The summed E-state index contributed by atoms with van der Waals surface area (Å²) in [5, 5.41) is 0. The molecule has 200 valence electrons. The van der Waals surface area contributed by atoms with Crippen LogP contribution in [0.4, 0.5) is 0 Å². The van der Waals surface area contributed by atoms with Crippen molar-refractivity contribution >= 4 is 5.91 Å². The summed E-state index contributed by atoms with van der Waals surface area (Å²) in [7, 11) is 0. The van der Waals surface area contributed by atoms with E-state index in [0.717, 1.165) is 65.6 Å². The average molecular weight is 488 g/mol. The summed E-state index contributed by atoms with van der Waals surface area (Å²) in [5.74, 6) is 4.62. The smallest absolute Gasteiger partial charge is 0.258 e. The molecule has 0 fully saturated rings. The third-order valence-electron chi connectivity index (χ3n) is 8.25. The second-order valence-electron chi connectivity index (χ2n) is 12.0. The van der Waals surface area contributed by atoms with Crippen molar-refractivity contribution in [1.29, 1.82) is 0 Å². The van der Waals surface area contributed by atoms with Gasteiger partial charge >= 0.3 is 0 Å².